The SMILES string of the molecule is N/C=C/COCC(COC/C=C/N)(COC/C=C/N)COC/C=C/N. The lowest BCUT2D eigenvalue weighted by molar-refractivity contribution is -0.0943. The van der Waals surface area contributed by atoms with Crippen LogP contribution in [0.15, 0.2) is 49.1 Å². The fourth-order valence-electron chi connectivity index (χ4n) is 1.85. The third kappa shape index (κ3) is 13.0. The van der Waals surface area contributed by atoms with Crippen LogP contribution in [0.2, 0.25) is 0 Å². The van der Waals surface area contributed by atoms with Crippen molar-refractivity contribution in [3.05, 3.63) is 49.1 Å². The molecule has 0 atom stereocenters. The van der Waals surface area contributed by atoms with E-state index < -0.39 is 5.41 Å². The van der Waals surface area contributed by atoms with E-state index in [0.29, 0.717) is 52.9 Å². The molecule has 0 unspecified atom stereocenters. The lowest BCUT2D eigenvalue weighted by Crippen LogP contribution is -2.42. The third-order valence-corrected chi connectivity index (χ3v) is 3.03. The molecule has 0 saturated heterocycles. The van der Waals surface area contributed by atoms with E-state index in [1.165, 1.54) is 24.8 Å². The highest BCUT2D eigenvalue weighted by atomic mass is 16.5. The van der Waals surface area contributed by atoms with Crippen molar-refractivity contribution in [3.63, 3.8) is 0 Å². The van der Waals surface area contributed by atoms with Crippen LogP contribution in [0.5, 0.6) is 0 Å². The van der Waals surface area contributed by atoms with Crippen molar-refractivity contribution < 1.29 is 18.9 Å². The standard InChI is InChI=1S/C17H32N4O4/c18-5-1-9-22-13-17(14-23-10-2-6-19,15-24-11-3-7-20)16-25-12-4-8-21/h1-8H,9-16,18-21H2/b5-1+,6-2+,7-3+,8-4+. The van der Waals surface area contributed by atoms with E-state index in [2.05, 4.69) is 0 Å². The molecule has 0 bridgehead atoms. The summed E-state index contributed by atoms with van der Waals surface area (Å²) in [5.74, 6) is 0. The van der Waals surface area contributed by atoms with Gasteiger partial charge in [-0.1, -0.05) is 0 Å². The van der Waals surface area contributed by atoms with Crippen LogP contribution in [0, 0.1) is 5.41 Å². The molecule has 8 N–H and O–H groups in total. The molecule has 0 aliphatic rings. The Morgan fingerprint density at radius 3 is 0.920 bits per heavy atom. The van der Waals surface area contributed by atoms with E-state index in [4.69, 9.17) is 41.9 Å². The Labute approximate surface area is 150 Å². The molecule has 0 aliphatic heterocycles. The van der Waals surface area contributed by atoms with Crippen LogP contribution in [-0.2, 0) is 18.9 Å². The molecule has 25 heavy (non-hydrogen) atoms. The summed E-state index contributed by atoms with van der Waals surface area (Å²) in [6.45, 7) is 3.09. The van der Waals surface area contributed by atoms with Gasteiger partial charge in [-0.05, 0) is 49.1 Å². The first kappa shape index (κ1) is 23.0. The summed E-state index contributed by atoms with van der Waals surface area (Å²) in [7, 11) is 0. The van der Waals surface area contributed by atoms with Crippen LogP contribution < -0.4 is 22.9 Å². The highest BCUT2D eigenvalue weighted by Crippen LogP contribution is 2.21. The van der Waals surface area contributed by atoms with Gasteiger partial charge in [-0.15, -0.1) is 0 Å². The Bertz CT molecular complexity index is 334. The van der Waals surface area contributed by atoms with Crippen molar-refractivity contribution in [2.75, 3.05) is 52.9 Å². The third-order valence-electron chi connectivity index (χ3n) is 3.03. The van der Waals surface area contributed by atoms with Gasteiger partial charge in [-0.25, -0.2) is 0 Å². The van der Waals surface area contributed by atoms with Crippen molar-refractivity contribution in [1.82, 2.24) is 0 Å². The molecule has 0 amide bonds. The van der Waals surface area contributed by atoms with Crippen molar-refractivity contribution in [2.45, 2.75) is 0 Å². The molecule has 0 aromatic rings. The fraction of sp³-hybridized carbons (Fsp3) is 0.529. The summed E-state index contributed by atoms with van der Waals surface area (Å²) in [4.78, 5) is 0. The summed E-state index contributed by atoms with van der Waals surface area (Å²) in [5, 5.41) is 0. The fourth-order valence-corrected chi connectivity index (χ4v) is 1.85. The summed E-state index contributed by atoms with van der Waals surface area (Å²) in [5.41, 5.74) is 20.8. The Kier molecular flexibility index (Phi) is 15.5. The summed E-state index contributed by atoms with van der Waals surface area (Å²) in [6, 6.07) is 0. The van der Waals surface area contributed by atoms with Crippen molar-refractivity contribution in [3.8, 4) is 0 Å². The van der Waals surface area contributed by atoms with Crippen LogP contribution in [-0.4, -0.2) is 52.9 Å². The second-order valence-corrected chi connectivity index (χ2v) is 5.27. The first-order chi connectivity index (χ1) is 12.2. The topological polar surface area (TPSA) is 141 Å². The molecule has 0 radical (unpaired) electrons. The van der Waals surface area contributed by atoms with E-state index >= 15 is 0 Å². The molecule has 0 aromatic heterocycles. The van der Waals surface area contributed by atoms with Gasteiger partial charge >= 0.3 is 0 Å². The first-order valence-electron chi connectivity index (χ1n) is 8.02. The number of hydrogen-bond acceptors (Lipinski definition) is 8. The molecule has 0 aliphatic carbocycles. The molecule has 8 heteroatoms. The van der Waals surface area contributed by atoms with Gasteiger partial charge in [-0.3, -0.25) is 0 Å². The molecular weight excluding hydrogens is 324 g/mol. The first-order valence-corrected chi connectivity index (χ1v) is 8.02. The highest BCUT2D eigenvalue weighted by molar-refractivity contribution is 4.84. The number of nitrogens with two attached hydrogens (primary N) is 4. The van der Waals surface area contributed by atoms with E-state index in [0.717, 1.165) is 0 Å². The zero-order valence-electron chi connectivity index (χ0n) is 14.7. The monoisotopic (exact) mass is 356 g/mol. The van der Waals surface area contributed by atoms with Crippen LogP contribution in [0.1, 0.15) is 0 Å². The van der Waals surface area contributed by atoms with Gasteiger partial charge in [-0.2, -0.15) is 0 Å². The van der Waals surface area contributed by atoms with E-state index in [1.807, 2.05) is 0 Å². The lowest BCUT2D eigenvalue weighted by atomic mass is 9.92. The van der Waals surface area contributed by atoms with Gasteiger partial charge in [0.05, 0.1) is 58.3 Å². The molecule has 144 valence electrons. The zero-order valence-corrected chi connectivity index (χ0v) is 14.7. The molecule has 0 aromatic carbocycles. The van der Waals surface area contributed by atoms with Crippen LogP contribution >= 0.6 is 0 Å². The van der Waals surface area contributed by atoms with Gasteiger partial charge in [0.15, 0.2) is 0 Å². The molecule has 0 saturated carbocycles. The van der Waals surface area contributed by atoms with Gasteiger partial charge in [0.1, 0.15) is 0 Å². The normalized spacial score (nSPS) is 13.1. The van der Waals surface area contributed by atoms with Gasteiger partial charge < -0.3 is 41.9 Å². The maximum Gasteiger partial charge on any atom is 0.0664 e. The van der Waals surface area contributed by atoms with Crippen molar-refractivity contribution in [2.24, 2.45) is 28.3 Å². The smallest absolute Gasteiger partial charge is 0.0664 e. The Morgan fingerprint density at radius 1 is 0.480 bits per heavy atom. The predicted molar refractivity (Wildman–Crippen MR) is 99.0 cm³/mol. The van der Waals surface area contributed by atoms with Crippen molar-refractivity contribution >= 4 is 0 Å². The quantitative estimate of drug-likeness (QED) is 0.282. The van der Waals surface area contributed by atoms with E-state index in [9.17, 15) is 0 Å². The molecule has 0 rings (SSSR count). The van der Waals surface area contributed by atoms with Gasteiger partial charge in [0.2, 0.25) is 0 Å². The molecule has 8 nitrogen and oxygen atoms in total. The maximum atomic E-state index is 5.68. The van der Waals surface area contributed by atoms with Crippen LogP contribution in [0.3, 0.4) is 0 Å². The highest BCUT2D eigenvalue weighted by Gasteiger charge is 2.32. The number of hydrogen-bond donors (Lipinski definition) is 4. The second kappa shape index (κ2) is 16.8. The molecule has 0 fully saturated rings. The summed E-state index contributed by atoms with van der Waals surface area (Å²) < 4.78 is 22.7. The van der Waals surface area contributed by atoms with Gasteiger partial charge in [0.25, 0.3) is 0 Å². The lowest BCUT2D eigenvalue weighted by Gasteiger charge is -2.32. The van der Waals surface area contributed by atoms with Crippen LogP contribution in [0.25, 0.3) is 0 Å². The van der Waals surface area contributed by atoms with Crippen molar-refractivity contribution in [1.29, 1.82) is 0 Å². The molecule has 0 spiro atoms. The Morgan fingerprint density at radius 2 is 0.720 bits per heavy atom. The maximum absolute atomic E-state index is 5.68. The summed E-state index contributed by atoms with van der Waals surface area (Å²) in [6.07, 6.45) is 12.6. The van der Waals surface area contributed by atoms with E-state index in [1.54, 1.807) is 24.3 Å². The second-order valence-electron chi connectivity index (χ2n) is 5.27. The zero-order chi connectivity index (χ0) is 18.6. The average molecular weight is 356 g/mol. The molecular formula is C17H32N4O4. The number of rotatable bonds is 16. The van der Waals surface area contributed by atoms with Gasteiger partial charge in [0, 0.05) is 0 Å². The minimum absolute atomic E-state index is 0.377. The average Bonchev–Trinajstić information content (AvgIpc) is 2.63. The Balaban J connectivity index is 4.84. The minimum atomic E-state index is -0.490. The van der Waals surface area contributed by atoms with Crippen LogP contribution in [0.4, 0.5) is 0 Å². The molecule has 0 heterocycles. The largest absolute Gasteiger partial charge is 0.405 e. The summed E-state index contributed by atoms with van der Waals surface area (Å²) >= 11 is 0. The predicted octanol–water partition coefficient (Wildman–Crippen LogP) is -0.0712. The minimum Gasteiger partial charge on any atom is -0.405 e. The number of ether oxygens (including phenoxy) is 4. The Hall–Kier alpha value is -2.00. The van der Waals surface area contributed by atoms with E-state index in [-0.39, 0.29) is 0 Å².